The van der Waals surface area contributed by atoms with Gasteiger partial charge in [0.1, 0.15) is 10.6 Å². The Labute approximate surface area is 163 Å². The second kappa shape index (κ2) is 6.35. The minimum atomic E-state index is -0.635. The third-order valence-electron chi connectivity index (χ3n) is 4.76. The molecule has 28 heavy (non-hydrogen) atoms. The first kappa shape index (κ1) is 16.8. The SMILES string of the molecule is CCc1nnc(N2C(=O)c3oc4ccccc4c(=O)c3C2c2ccncc2)s1. The normalized spacial score (nSPS) is 16.0. The Morgan fingerprint density at radius 2 is 1.89 bits per heavy atom. The first-order valence-electron chi connectivity index (χ1n) is 8.80. The lowest BCUT2D eigenvalue weighted by Crippen LogP contribution is -2.29. The van der Waals surface area contributed by atoms with E-state index in [0.29, 0.717) is 28.1 Å². The van der Waals surface area contributed by atoms with Gasteiger partial charge < -0.3 is 4.42 Å². The number of para-hydroxylation sites is 1. The number of fused-ring (bicyclic) bond motifs is 2. The van der Waals surface area contributed by atoms with Gasteiger partial charge in [0, 0.05) is 12.4 Å². The third-order valence-corrected chi connectivity index (χ3v) is 5.83. The van der Waals surface area contributed by atoms with Crippen LogP contribution in [0.15, 0.2) is 58.0 Å². The van der Waals surface area contributed by atoms with Crippen LogP contribution in [0.25, 0.3) is 11.0 Å². The molecule has 1 atom stereocenters. The summed E-state index contributed by atoms with van der Waals surface area (Å²) in [5.74, 6) is -0.336. The minimum absolute atomic E-state index is 0.0544. The molecule has 4 heterocycles. The number of hydrogen-bond acceptors (Lipinski definition) is 7. The first-order chi connectivity index (χ1) is 13.7. The van der Waals surface area contributed by atoms with E-state index in [0.717, 1.165) is 10.6 Å². The molecule has 1 unspecified atom stereocenters. The summed E-state index contributed by atoms with van der Waals surface area (Å²) in [7, 11) is 0. The monoisotopic (exact) mass is 390 g/mol. The molecule has 0 aliphatic carbocycles. The Kier molecular flexibility index (Phi) is 3.80. The molecule has 1 aliphatic heterocycles. The number of aromatic nitrogens is 3. The van der Waals surface area contributed by atoms with Gasteiger partial charge in [0.2, 0.25) is 10.9 Å². The summed E-state index contributed by atoms with van der Waals surface area (Å²) in [5, 5.41) is 10.0. The van der Waals surface area contributed by atoms with Gasteiger partial charge in [-0.15, -0.1) is 10.2 Å². The number of amides is 1. The summed E-state index contributed by atoms with van der Waals surface area (Å²) in [4.78, 5) is 32.1. The van der Waals surface area contributed by atoms with Crippen LogP contribution in [0.3, 0.4) is 0 Å². The highest BCUT2D eigenvalue weighted by Gasteiger charge is 2.45. The van der Waals surface area contributed by atoms with Crippen molar-refractivity contribution in [3.63, 3.8) is 0 Å². The Morgan fingerprint density at radius 3 is 2.64 bits per heavy atom. The summed E-state index contributed by atoms with van der Waals surface area (Å²) >= 11 is 1.34. The number of hydrogen-bond donors (Lipinski definition) is 0. The van der Waals surface area contributed by atoms with Gasteiger partial charge in [-0.2, -0.15) is 0 Å². The van der Waals surface area contributed by atoms with Crippen LogP contribution in [-0.4, -0.2) is 21.1 Å². The lowest BCUT2D eigenvalue weighted by molar-refractivity contribution is 0.0970. The Hall–Kier alpha value is -3.39. The van der Waals surface area contributed by atoms with Crippen LogP contribution < -0.4 is 10.3 Å². The molecule has 4 aromatic rings. The standard InChI is InChI=1S/C20H14N4O3S/c1-2-14-22-23-20(28-14)24-16(11-7-9-21-10-8-11)15-17(25)12-5-3-4-6-13(12)27-18(15)19(24)26/h3-10,16H,2H2,1H3. The molecule has 0 spiro atoms. The number of aryl methyl sites for hydroxylation is 1. The van der Waals surface area contributed by atoms with Crippen LogP contribution >= 0.6 is 11.3 Å². The van der Waals surface area contributed by atoms with Gasteiger partial charge >= 0.3 is 0 Å². The van der Waals surface area contributed by atoms with Crippen molar-refractivity contribution in [2.24, 2.45) is 0 Å². The van der Waals surface area contributed by atoms with Gasteiger partial charge in [0.15, 0.2) is 5.43 Å². The number of carbonyl (C=O) groups excluding carboxylic acids is 1. The van der Waals surface area contributed by atoms with E-state index in [1.807, 2.05) is 6.92 Å². The molecule has 1 amide bonds. The predicted molar refractivity (Wildman–Crippen MR) is 105 cm³/mol. The summed E-state index contributed by atoms with van der Waals surface area (Å²) in [6.45, 7) is 1.98. The van der Waals surface area contributed by atoms with Crippen LogP contribution in [0.2, 0.25) is 0 Å². The van der Waals surface area contributed by atoms with E-state index in [1.165, 1.54) is 16.2 Å². The number of carbonyl (C=O) groups is 1. The number of pyridine rings is 1. The molecule has 0 fully saturated rings. The van der Waals surface area contributed by atoms with Gasteiger partial charge in [-0.3, -0.25) is 19.5 Å². The van der Waals surface area contributed by atoms with Crippen molar-refractivity contribution < 1.29 is 9.21 Å². The highest BCUT2D eigenvalue weighted by Crippen LogP contribution is 2.41. The third kappa shape index (κ3) is 2.38. The maximum atomic E-state index is 13.3. The average Bonchev–Trinajstić information content (AvgIpc) is 3.32. The van der Waals surface area contributed by atoms with Gasteiger partial charge in [0.05, 0.1) is 17.0 Å². The molecule has 3 aromatic heterocycles. The van der Waals surface area contributed by atoms with E-state index in [2.05, 4.69) is 15.2 Å². The predicted octanol–water partition coefficient (Wildman–Crippen LogP) is 3.35. The van der Waals surface area contributed by atoms with Crippen molar-refractivity contribution >= 4 is 33.3 Å². The fourth-order valence-electron chi connectivity index (χ4n) is 3.46. The average molecular weight is 390 g/mol. The van der Waals surface area contributed by atoms with Crippen molar-refractivity contribution in [3.05, 3.63) is 80.9 Å². The van der Waals surface area contributed by atoms with Crippen molar-refractivity contribution in [3.8, 4) is 0 Å². The van der Waals surface area contributed by atoms with E-state index < -0.39 is 11.9 Å². The molecule has 1 aliphatic rings. The van der Waals surface area contributed by atoms with Gasteiger partial charge in [-0.1, -0.05) is 30.4 Å². The van der Waals surface area contributed by atoms with Crippen molar-refractivity contribution in [2.75, 3.05) is 4.90 Å². The Bertz CT molecular complexity index is 1270. The van der Waals surface area contributed by atoms with Crippen molar-refractivity contribution in [2.45, 2.75) is 19.4 Å². The second-order valence-electron chi connectivity index (χ2n) is 6.36. The van der Waals surface area contributed by atoms with Crippen molar-refractivity contribution in [1.29, 1.82) is 0 Å². The molecule has 5 rings (SSSR count). The topological polar surface area (TPSA) is 89.2 Å². The van der Waals surface area contributed by atoms with E-state index in [1.54, 1.807) is 48.8 Å². The molecular formula is C20H14N4O3S. The number of rotatable bonds is 3. The largest absolute Gasteiger partial charge is 0.450 e. The fraction of sp³-hybridized carbons (Fsp3) is 0.150. The Morgan fingerprint density at radius 1 is 1.11 bits per heavy atom. The van der Waals surface area contributed by atoms with Crippen LogP contribution in [-0.2, 0) is 6.42 Å². The zero-order chi connectivity index (χ0) is 19.3. The van der Waals surface area contributed by atoms with E-state index in [4.69, 9.17) is 4.42 Å². The summed E-state index contributed by atoms with van der Waals surface area (Å²) in [5.41, 5.74) is 1.26. The molecule has 8 heteroatoms. The van der Waals surface area contributed by atoms with E-state index >= 15 is 0 Å². The maximum absolute atomic E-state index is 13.3. The smallest absolute Gasteiger partial charge is 0.297 e. The quantitative estimate of drug-likeness (QED) is 0.533. The molecule has 0 saturated heterocycles. The van der Waals surface area contributed by atoms with Crippen LogP contribution in [0, 0.1) is 0 Å². The van der Waals surface area contributed by atoms with Gasteiger partial charge in [-0.25, -0.2) is 0 Å². The molecule has 138 valence electrons. The van der Waals surface area contributed by atoms with Crippen LogP contribution in [0.1, 0.15) is 39.7 Å². The van der Waals surface area contributed by atoms with Crippen molar-refractivity contribution in [1.82, 2.24) is 15.2 Å². The van der Waals surface area contributed by atoms with E-state index in [9.17, 15) is 9.59 Å². The molecule has 0 radical (unpaired) electrons. The fourth-order valence-corrected chi connectivity index (χ4v) is 4.27. The Balaban J connectivity index is 1.80. The molecule has 0 N–H and O–H groups in total. The maximum Gasteiger partial charge on any atom is 0.297 e. The van der Waals surface area contributed by atoms with Crippen LogP contribution in [0.5, 0.6) is 0 Å². The number of benzene rings is 1. The highest BCUT2D eigenvalue weighted by atomic mass is 32.1. The second-order valence-corrected chi connectivity index (χ2v) is 7.40. The molecule has 0 bridgehead atoms. The molecule has 0 saturated carbocycles. The number of anilines is 1. The molecule has 7 nitrogen and oxygen atoms in total. The summed E-state index contributed by atoms with van der Waals surface area (Å²) < 4.78 is 5.88. The minimum Gasteiger partial charge on any atom is -0.450 e. The zero-order valence-corrected chi connectivity index (χ0v) is 15.6. The van der Waals surface area contributed by atoms with E-state index in [-0.39, 0.29) is 11.2 Å². The summed E-state index contributed by atoms with van der Waals surface area (Å²) in [6.07, 6.45) is 3.99. The molecule has 1 aromatic carbocycles. The van der Waals surface area contributed by atoms with Crippen LogP contribution in [0.4, 0.5) is 5.13 Å². The van der Waals surface area contributed by atoms with Gasteiger partial charge in [0.25, 0.3) is 5.91 Å². The van der Waals surface area contributed by atoms with Gasteiger partial charge in [-0.05, 0) is 36.2 Å². The number of nitrogens with zero attached hydrogens (tertiary/aromatic N) is 4. The highest BCUT2D eigenvalue weighted by molar-refractivity contribution is 7.15. The molecular weight excluding hydrogens is 376 g/mol. The lowest BCUT2D eigenvalue weighted by atomic mass is 10.00. The summed E-state index contributed by atoms with van der Waals surface area (Å²) in [6, 6.07) is 9.89. The first-order valence-corrected chi connectivity index (χ1v) is 9.62. The lowest BCUT2D eigenvalue weighted by Gasteiger charge is -2.21. The zero-order valence-electron chi connectivity index (χ0n) is 14.8.